The van der Waals surface area contributed by atoms with E-state index < -0.39 is 0 Å². The number of Topliss-reactive ketones (excluding diaryl/α,β-unsaturated/α-hetero) is 1. The predicted octanol–water partition coefficient (Wildman–Crippen LogP) is 2.25. The molecule has 0 heterocycles. The Labute approximate surface area is 101 Å². The Bertz CT molecular complexity index is 401. The van der Waals surface area contributed by atoms with E-state index in [0.717, 1.165) is 12.1 Å². The molecule has 0 aromatic heterocycles. The lowest BCUT2D eigenvalue weighted by Gasteiger charge is -2.07. The Kier molecular flexibility index (Phi) is 5.20. The molecule has 1 aromatic carbocycles. The second kappa shape index (κ2) is 6.68. The number of esters is 1. The van der Waals surface area contributed by atoms with Crippen molar-refractivity contribution >= 4 is 17.4 Å². The summed E-state index contributed by atoms with van der Waals surface area (Å²) in [5.41, 5.74) is 1.38. The smallest absolute Gasteiger partial charge is 0.337 e. The summed E-state index contributed by atoms with van der Waals surface area (Å²) in [6.45, 7) is 2.29. The Morgan fingerprint density at radius 1 is 1.35 bits per heavy atom. The summed E-state index contributed by atoms with van der Waals surface area (Å²) >= 11 is 0. The molecular weight excluding hydrogens is 218 g/mol. The third-order valence-corrected chi connectivity index (χ3v) is 2.32. The van der Waals surface area contributed by atoms with Crippen molar-refractivity contribution in [2.24, 2.45) is 0 Å². The largest absolute Gasteiger partial charge is 0.465 e. The van der Waals surface area contributed by atoms with Crippen LogP contribution in [0.25, 0.3) is 0 Å². The minimum absolute atomic E-state index is 0.190. The third kappa shape index (κ3) is 4.68. The molecule has 0 amide bonds. The highest BCUT2D eigenvalue weighted by molar-refractivity contribution is 5.90. The molecule has 0 saturated carbocycles. The van der Waals surface area contributed by atoms with Crippen LogP contribution in [0.5, 0.6) is 0 Å². The minimum atomic E-state index is -0.350. The SMILES string of the molecule is COC(=O)c1cccc(NCCCC(C)=O)c1. The molecule has 0 aliphatic heterocycles. The van der Waals surface area contributed by atoms with Gasteiger partial charge in [0.2, 0.25) is 0 Å². The maximum Gasteiger partial charge on any atom is 0.337 e. The van der Waals surface area contributed by atoms with E-state index in [-0.39, 0.29) is 11.8 Å². The molecule has 0 spiro atoms. The van der Waals surface area contributed by atoms with Crippen LogP contribution in [-0.2, 0) is 9.53 Å². The van der Waals surface area contributed by atoms with Crippen LogP contribution < -0.4 is 5.32 Å². The predicted molar refractivity (Wildman–Crippen MR) is 66.2 cm³/mol. The number of carbonyl (C=O) groups is 2. The average Bonchev–Trinajstić information content (AvgIpc) is 2.34. The lowest BCUT2D eigenvalue weighted by atomic mass is 10.2. The van der Waals surface area contributed by atoms with Gasteiger partial charge in [0.1, 0.15) is 5.78 Å². The van der Waals surface area contributed by atoms with Crippen LogP contribution >= 0.6 is 0 Å². The molecule has 0 radical (unpaired) electrons. The van der Waals surface area contributed by atoms with Gasteiger partial charge in [-0.1, -0.05) is 6.07 Å². The lowest BCUT2D eigenvalue weighted by molar-refractivity contribution is -0.117. The fourth-order valence-corrected chi connectivity index (χ4v) is 1.44. The monoisotopic (exact) mass is 235 g/mol. The number of ether oxygens (including phenoxy) is 1. The average molecular weight is 235 g/mol. The van der Waals surface area contributed by atoms with Crippen molar-refractivity contribution in [2.45, 2.75) is 19.8 Å². The van der Waals surface area contributed by atoms with Gasteiger partial charge in [0, 0.05) is 18.7 Å². The van der Waals surface area contributed by atoms with E-state index >= 15 is 0 Å². The quantitative estimate of drug-likeness (QED) is 0.607. The van der Waals surface area contributed by atoms with Crippen molar-refractivity contribution in [2.75, 3.05) is 19.0 Å². The van der Waals surface area contributed by atoms with Gasteiger partial charge in [0.15, 0.2) is 0 Å². The van der Waals surface area contributed by atoms with E-state index in [1.54, 1.807) is 25.1 Å². The summed E-state index contributed by atoms with van der Waals surface area (Å²) in [7, 11) is 1.36. The standard InChI is InChI=1S/C13H17NO3/c1-10(15)5-4-8-14-12-7-3-6-11(9-12)13(16)17-2/h3,6-7,9,14H,4-5,8H2,1-2H3. The van der Waals surface area contributed by atoms with Crippen LogP contribution in [0.1, 0.15) is 30.1 Å². The normalized spacial score (nSPS) is 9.76. The Morgan fingerprint density at radius 2 is 2.12 bits per heavy atom. The molecule has 1 aromatic rings. The number of rotatable bonds is 6. The van der Waals surface area contributed by atoms with Gasteiger partial charge in [0.25, 0.3) is 0 Å². The van der Waals surface area contributed by atoms with Crippen molar-refractivity contribution in [1.29, 1.82) is 0 Å². The number of carbonyl (C=O) groups excluding carboxylic acids is 2. The molecule has 4 heteroatoms. The Hall–Kier alpha value is -1.84. The molecule has 1 rings (SSSR count). The minimum Gasteiger partial charge on any atom is -0.465 e. The molecule has 0 saturated heterocycles. The van der Waals surface area contributed by atoms with E-state index in [4.69, 9.17) is 0 Å². The maximum absolute atomic E-state index is 11.3. The summed E-state index contributed by atoms with van der Waals surface area (Å²) in [4.78, 5) is 22.0. The number of nitrogens with one attached hydrogen (secondary N) is 1. The van der Waals surface area contributed by atoms with Crippen LogP contribution in [0.2, 0.25) is 0 Å². The second-order valence-electron chi connectivity index (χ2n) is 3.80. The van der Waals surface area contributed by atoms with Crippen molar-refractivity contribution in [3.05, 3.63) is 29.8 Å². The van der Waals surface area contributed by atoms with Gasteiger partial charge in [0.05, 0.1) is 12.7 Å². The van der Waals surface area contributed by atoms with Gasteiger partial charge in [-0.05, 0) is 31.5 Å². The van der Waals surface area contributed by atoms with Gasteiger partial charge in [-0.2, -0.15) is 0 Å². The molecule has 17 heavy (non-hydrogen) atoms. The van der Waals surface area contributed by atoms with Crippen molar-refractivity contribution in [1.82, 2.24) is 0 Å². The molecular formula is C13H17NO3. The molecule has 4 nitrogen and oxygen atoms in total. The topological polar surface area (TPSA) is 55.4 Å². The van der Waals surface area contributed by atoms with Crippen LogP contribution in [-0.4, -0.2) is 25.4 Å². The van der Waals surface area contributed by atoms with Crippen LogP contribution in [0, 0.1) is 0 Å². The first-order chi connectivity index (χ1) is 8.13. The first kappa shape index (κ1) is 13.2. The molecule has 92 valence electrons. The highest BCUT2D eigenvalue weighted by atomic mass is 16.5. The number of ketones is 1. The fraction of sp³-hybridized carbons (Fsp3) is 0.385. The summed E-state index contributed by atoms with van der Waals surface area (Å²) in [5.74, 6) is -0.160. The number of hydrogen-bond acceptors (Lipinski definition) is 4. The first-order valence-corrected chi connectivity index (χ1v) is 5.55. The van der Waals surface area contributed by atoms with Crippen LogP contribution in [0.3, 0.4) is 0 Å². The van der Waals surface area contributed by atoms with Crippen LogP contribution in [0.15, 0.2) is 24.3 Å². The molecule has 1 N–H and O–H groups in total. The Balaban J connectivity index is 2.48. The van der Waals surface area contributed by atoms with Gasteiger partial charge < -0.3 is 14.8 Å². The van der Waals surface area contributed by atoms with Gasteiger partial charge in [-0.15, -0.1) is 0 Å². The van der Waals surface area contributed by atoms with E-state index in [1.807, 2.05) is 6.07 Å². The van der Waals surface area contributed by atoms with Crippen molar-refractivity contribution in [3.63, 3.8) is 0 Å². The zero-order valence-corrected chi connectivity index (χ0v) is 10.2. The Morgan fingerprint density at radius 3 is 2.76 bits per heavy atom. The number of methoxy groups -OCH3 is 1. The lowest BCUT2D eigenvalue weighted by Crippen LogP contribution is -2.06. The van der Waals surface area contributed by atoms with E-state index in [2.05, 4.69) is 10.1 Å². The van der Waals surface area contributed by atoms with Gasteiger partial charge in [-0.25, -0.2) is 4.79 Å². The van der Waals surface area contributed by atoms with E-state index in [0.29, 0.717) is 18.5 Å². The summed E-state index contributed by atoms with van der Waals surface area (Å²) in [6.07, 6.45) is 1.36. The maximum atomic E-state index is 11.3. The number of benzene rings is 1. The molecule has 0 atom stereocenters. The molecule has 0 fully saturated rings. The van der Waals surface area contributed by atoms with Gasteiger partial charge in [-0.3, -0.25) is 0 Å². The molecule has 0 aliphatic carbocycles. The summed E-state index contributed by atoms with van der Waals surface area (Å²) < 4.78 is 4.64. The number of hydrogen-bond donors (Lipinski definition) is 1. The van der Waals surface area contributed by atoms with E-state index in [1.165, 1.54) is 7.11 Å². The number of anilines is 1. The molecule has 0 unspecified atom stereocenters. The highest BCUT2D eigenvalue weighted by Gasteiger charge is 2.04. The highest BCUT2D eigenvalue weighted by Crippen LogP contribution is 2.11. The third-order valence-electron chi connectivity index (χ3n) is 2.32. The first-order valence-electron chi connectivity index (χ1n) is 5.55. The molecule has 0 aliphatic rings. The zero-order valence-electron chi connectivity index (χ0n) is 10.2. The van der Waals surface area contributed by atoms with Crippen LogP contribution in [0.4, 0.5) is 5.69 Å². The zero-order chi connectivity index (χ0) is 12.7. The summed E-state index contributed by atoms with van der Waals surface area (Å²) in [5, 5.41) is 3.16. The van der Waals surface area contributed by atoms with Gasteiger partial charge >= 0.3 is 5.97 Å². The van der Waals surface area contributed by atoms with Crippen molar-refractivity contribution < 1.29 is 14.3 Å². The second-order valence-corrected chi connectivity index (χ2v) is 3.80. The molecule has 0 bridgehead atoms. The van der Waals surface area contributed by atoms with E-state index in [9.17, 15) is 9.59 Å². The summed E-state index contributed by atoms with van der Waals surface area (Å²) in [6, 6.07) is 7.10. The fourth-order valence-electron chi connectivity index (χ4n) is 1.44. The van der Waals surface area contributed by atoms with Crippen molar-refractivity contribution in [3.8, 4) is 0 Å².